The summed E-state index contributed by atoms with van der Waals surface area (Å²) >= 11 is 0. The van der Waals surface area contributed by atoms with Crippen LogP contribution < -0.4 is 5.48 Å². The largest absolute Gasteiger partial charge is 0.305 e. The molecule has 13 heavy (non-hydrogen) atoms. The van der Waals surface area contributed by atoms with E-state index in [1.54, 1.807) is 0 Å². The third-order valence-corrected chi connectivity index (χ3v) is 1.69. The standard InChI is InChI=1S/C10H13NO2/c1-13-11-8-7-10(12)9-5-3-2-4-6-9/h2-6,11H,7-8H2,1H3. The molecular weight excluding hydrogens is 166 g/mol. The Bertz CT molecular complexity index is 259. The molecule has 0 heterocycles. The van der Waals surface area contributed by atoms with Crippen molar-refractivity contribution in [2.75, 3.05) is 13.7 Å². The van der Waals surface area contributed by atoms with E-state index in [0.717, 1.165) is 5.56 Å². The van der Waals surface area contributed by atoms with Crippen molar-refractivity contribution >= 4 is 5.78 Å². The highest BCUT2D eigenvalue weighted by molar-refractivity contribution is 5.96. The number of hydrogen-bond donors (Lipinski definition) is 1. The Kier molecular flexibility index (Phi) is 4.15. The van der Waals surface area contributed by atoms with E-state index in [9.17, 15) is 4.79 Å². The zero-order valence-corrected chi connectivity index (χ0v) is 7.62. The minimum atomic E-state index is 0.130. The fourth-order valence-corrected chi connectivity index (χ4v) is 1.04. The van der Waals surface area contributed by atoms with E-state index in [2.05, 4.69) is 10.3 Å². The fourth-order valence-electron chi connectivity index (χ4n) is 1.04. The van der Waals surface area contributed by atoms with Crippen LogP contribution in [-0.4, -0.2) is 19.4 Å². The highest BCUT2D eigenvalue weighted by atomic mass is 16.6. The second-order valence-electron chi connectivity index (χ2n) is 2.64. The molecule has 0 unspecified atom stereocenters. The van der Waals surface area contributed by atoms with Gasteiger partial charge in [0.2, 0.25) is 0 Å². The normalized spacial score (nSPS) is 9.92. The molecular formula is C10H13NO2. The van der Waals surface area contributed by atoms with Gasteiger partial charge in [0.05, 0.1) is 7.11 Å². The lowest BCUT2D eigenvalue weighted by Crippen LogP contribution is -2.16. The minimum absolute atomic E-state index is 0.130. The van der Waals surface area contributed by atoms with Gasteiger partial charge in [0, 0.05) is 18.5 Å². The molecule has 3 nitrogen and oxygen atoms in total. The fraction of sp³-hybridized carbons (Fsp3) is 0.300. The molecule has 70 valence electrons. The number of Topliss-reactive ketones (excluding diaryl/α,β-unsaturated/α-hetero) is 1. The number of carbonyl (C=O) groups is 1. The zero-order valence-electron chi connectivity index (χ0n) is 7.62. The lowest BCUT2D eigenvalue weighted by Gasteiger charge is -2.00. The summed E-state index contributed by atoms with van der Waals surface area (Å²) in [6.07, 6.45) is 0.456. The molecule has 0 spiro atoms. The summed E-state index contributed by atoms with van der Waals surface area (Å²) in [5, 5.41) is 0. The van der Waals surface area contributed by atoms with Gasteiger partial charge in [-0.25, -0.2) is 5.48 Å². The van der Waals surface area contributed by atoms with Crippen molar-refractivity contribution in [3.63, 3.8) is 0 Å². The third-order valence-electron chi connectivity index (χ3n) is 1.69. The number of nitrogens with one attached hydrogen (secondary N) is 1. The second kappa shape index (κ2) is 5.45. The SMILES string of the molecule is CONCCC(=O)c1ccccc1. The number of benzene rings is 1. The molecule has 0 aromatic heterocycles. The topological polar surface area (TPSA) is 38.3 Å². The first kappa shape index (κ1) is 9.89. The van der Waals surface area contributed by atoms with E-state index >= 15 is 0 Å². The highest BCUT2D eigenvalue weighted by Gasteiger charge is 2.02. The Hall–Kier alpha value is -1.19. The first-order chi connectivity index (χ1) is 6.34. The van der Waals surface area contributed by atoms with Crippen LogP contribution in [0.5, 0.6) is 0 Å². The predicted octanol–water partition coefficient (Wildman–Crippen LogP) is 1.41. The number of ketones is 1. The summed E-state index contributed by atoms with van der Waals surface area (Å²) in [6, 6.07) is 9.24. The summed E-state index contributed by atoms with van der Waals surface area (Å²) < 4.78 is 0. The van der Waals surface area contributed by atoms with Crippen molar-refractivity contribution in [2.24, 2.45) is 0 Å². The van der Waals surface area contributed by atoms with Crippen molar-refractivity contribution in [2.45, 2.75) is 6.42 Å². The maximum absolute atomic E-state index is 11.4. The highest BCUT2D eigenvalue weighted by Crippen LogP contribution is 2.01. The third kappa shape index (κ3) is 3.36. The Morgan fingerprint density at radius 1 is 1.38 bits per heavy atom. The Balaban J connectivity index is 2.40. The van der Waals surface area contributed by atoms with Gasteiger partial charge in [0.1, 0.15) is 0 Å². The van der Waals surface area contributed by atoms with Crippen LogP contribution in [0.2, 0.25) is 0 Å². The number of hydroxylamine groups is 1. The van der Waals surface area contributed by atoms with Crippen LogP contribution in [0.4, 0.5) is 0 Å². The second-order valence-corrected chi connectivity index (χ2v) is 2.64. The van der Waals surface area contributed by atoms with E-state index in [-0.39, 0.29) is 5.78 Å². The summed E-state index contributed by atoms with van der Waals surface area (Å²) in [4.78, 5) is 16.0. The van der Waals surface area contributed by atoms with Gasteiger partial charge < -0.3 is 4.84 Å². The van der Waals surface area contributed by atoms with Crippen LogP contribution in [0, 0.1) is 0 Å². The van der Waals surface area contributed by atoms with Crippen molar-refractivity contribution in [1.82, 2.24) is 5.48 Å². The Morgan fingerprint density at radius 2 is 2.08 bits per heavy atom. The van der Waals surface area contributed by atoms with Crippen LogP contribution in [-0.2, 0) is 4.84 Å². The minimum Gasteiger partial charge on any atom is -0.305 e. The van der Waals surface area contributed by atoms with Crippen LogP contribution in [0.15, 0.2) is 30.3 Å². The lowest BCUT2D eigenvalue weighted by atomic mass is 10.1. The average Bonchev–Trinajstić information content (AvgIpc) is 2.19. The number of rotatable bonds is 5. The monoisotopic (exact) mass is 179 g/mol. The van der Waals surface area contributed by atoms with Crippen molar-refractivity contribution in [3.05, 3.63) is 35.9 Å². The van der Waals surface area contributed by atoms with Gasteiger partial charge in [-0.1, -0.05) is 30.3 Å². The van der Waals surface area contributed by atoms with Gasteiger partial charge >= 0.3 is 0 Å². The molecule has 0 aliphatic heterocycles. The predicted molar refractivity (Wildman–Crippen MR) is 50.4 cm³/mol. The molecule has 1 rings (SSSR count). The summed E-state index contributed by atoms with van der Waals surface area (Å²) in [7, 11) is 1.53. The van der Waals surface area contributed by atoms with E-state index in [1.165, 1.54) is 7.11 Å². The molecule has 0 saturated carbocycles. The van der Waals surface area contributed by atoms with Gasteiger partial charge in [-0.2, -0.15) is 0 Å². The van der Waals surface area contributed by atoms with Crippen molar-refractivity contribution in [3.8, 4) is 0 Å². The van der Waals surface area contributed by atoms with Gasteiger partial charge in [-0.05, 0) is 0 Å². The molecule has 0 saturated heterocycles. The average molecular weight is 179 g/mol. The zero-order chi connectivity index (χ0) is 9.52. The maximum atomic E-state index is 11.4. The Labute approximate surface area is 77.7 Å². The first-order valence-electron chi connectivity index (χ1n) is 4.18. The van der Waals surface area contributed by atoms with E-state index < -0.39 is 0 Å². The molecule has 0 bridgehead atoms. The molecule has 0 aliphatic carbocycles. The van der Waals surface area contributed by atoms with Crippen molar-refractivity contribution < 1.29 is 9.63 Å². The van der Waals surface area contributed by atoms with Gasteiger partial charge in [0.15, 0.2) is 5.78 Å². The number of carbonyl (C=O) groups excluding carboxylic acids is 1. The molecule has 0 aliphatic rings. The quantitative estimate of drug-likeness (QED) is 0.422. The lowest BCUT2D eigenvalue weighted by molar-refractivity contribution is 0.0813. The van der Waals surface area contributed by atoms with Gasteiger partial charge in [0.25, 0.3) is 0 Å². The molecule has 0 radical (unpaired) electrons. The molecule has 1 aromatic carbocycles. The molecule has 0 atom stereocenters. The molecule has 0 fully saturated rings. The summed E-state index contributed by atoms with van der Waals surface area (Å²) in [5.74, 6) is 0.130. The van der Waals surface area contributed by atoms with Crippen molar-refractivity contribution in [1.29, 1.82) is 0 Å². The molecule has 1 aromatic rings. The van der Waals surface area contributed by atoms with Gasteiger partial charge in [-0.3, -0.25) is 4.79 Å². The maximum Gasteiger partial charge on any atom is 0.164 e. The smallest absolute Gasteiger partial charge is 0.164 e. The van der Waals surface area contributed by atoms with Crippen LogP contribution in [0.3, 0.4) is 0 Å². The van der Waals surface area contributed by atoms with E-state index in [0.29, 0.717) is 13.0 Å². The molecule has 0 amide bonds. The van der Waals surface area contributed by atoms with Crippen LogP contribution >= 0.6 is 0 Å². The van der Waals surface area contributed by atoms with Gasteiger partial charge in [-0.15, -0.1) is 0 Å². The molecule has 1 N–H and O–H groups in total. The summed E-state index contributed by atoms with van der Waals surface area (Å²) in [5.41, 5.74) is 3.38. The van der Waals surface area contributed by atoms with E-state index in [1.807, 2.05) is 30.3 Å². The van der Waals surface area contributed by atoms with Crippen LogP contribution in [0.1, 0.15) is 16.8 Å². The first-order valence-corrected chi connectivity index (χ1v) is 4.18. The number of hydrogen-bond acceptors (Lipinski definition) is 3. The molecule has 3 heteroatoms. The van der Waals surface area contributed by atoms with Crippen LogP contribution in [0.25, 0.3) is 0 Å². The van der Waals surface area contributed by atoms with E-state index in [4.69, 9.17) is 0 Å². The Morgan fingerprint density at radius 3 is 2.69 bits per heavy atom. The summed E-state index contributed by atoms with van der Waals surface area (Å²) in [6.45, 7) is 0.546.